The lowest BCUT2D eigenvalue weighted by atomic mass is 9.98. The van der Waals surface area contributed by atoms with Crippen molar-refractivity contribution in [2.75, 3.05) is 6.61 Å². The molecule has 2 heterocycles. The van der Waals surface area contributed by atoms with Gasteiger partial charge in [0.2, 0.25) is 0 Å². The minimum Gasteiger partial charge on any atom is -0.463 e. The van der Waals surface area contributed by atoms with E-state index in [0.717, 1.165) is 26.8 Å². The third-order valence-electron chi connectivity index (χ3n) is 4.43. The molecule has 0 aromatic rings. The molecule has 0 bridgehead atoms. The molecule has 0 unspecified atom stereocenters. The van der Waals surface area contributed by atoms with E-state index in [4.69, 9.17) is 33.2 Å². The van der Waals surface area contributed by atoms with Crippen molar-refractivity contribution in [3.8, 4) is 0 Å². The Bertz CT molecular complexity index is 775. The Hall–Kier alpha value is -2.99. The fourth-order valence-electron chi connectivity index (χ4n) is 3.23. The summed E-state index contributed by atoms with van der Waals surface area (Å²) in [6.07, 6.45) is -5.37. The van der Waals surface area contributed by atoms with Crippen molar-refractivity contribution in [3.05, 3.63) is 12.2 Å². The SMILES string of the molecule is CC(=O)OC[C@H]1O[C@@H](O[C@@H]2C=CC(=O)O[C@H]2C)[C@H](OC(C)=O)[C@@H](OC(C)=O)[C@@H]1OC(C)=O. The topological polar surface area (TPSA) is 150 Å². The van der Waals surface area contributed by atoms with Crippen LogP contribution in [0.25, 0.3) is 0 Å². The number of cyclic esters (lactones) is 1. The maximum Gasteiger partial charge on any atom is 0.330 e. The molecule has 1 saturated heterocycles. The van der Waals surface area contributed by atoms with Crippen molar-refractivity contribution in [2.24, 2.45) is 0 Å². The van der Waals surface area contributed by atoms with Gasteiger partial charge in [0.1, 0.15) is 24.9 Å². The molecule has 178 valence electrons. The highest BCUT2D eigenvalue weighted by Gasteiger charge is 2.53. The molecule has 12 heteroatoms. The third-order valence-corrected chi connectivity index (χ3v) is 4.43. The van der Waals surface area contributed by atoms with E-state index in [1.165, 1.54) is 13.0 Å². The molecule has 2 aliphatic rings. The summed E-state index contributed by atoms with van der Waals surface area (Å²) in [5, 5.41) is 0. The normalized spacial score (nSPS) is 31.8. The summed E-state index contributed by atoms with van der Waals surface area (Å²) in [7, 11) is 0. The Balaban J connectivity index is 2.41. The Kier molecular flexibility index (Phi) is 8.72. The van der Waals surface area contributed by atoms with Gasteiger partial charge in [-0.05, 0) is 13.0 Å². The highest BCUT2D eigenvalue weighted by molar-refractivity contribution is 5.83. The van der Waals surface area contributed by atoms with Gasteiger partial charge in [-0.25, -0.2) is 4.79 Å². The van der Waals surface area contributed by atoms with Gasteiger partial charge < -0.3 is 33.2 Å². The Morgan fingerprint density at radius 1 is 0.875 bits per heavy atom. The number of rotatable bonds is 7. The Labute approximate surface area is 184 Å². The zero-order valence-electron chi connectivity index (χ0n) is 18.3. The number of esters is 5. The second-order valence-corrected chi connectivity index (χ2v) is 7.17. The van der Waals surface area contributed by atoms with Gasteiger partial charge in [0.05, 0.1) is 0 Å². The van der Waals surface area contributed by atoms with Crippen LogP contribution in [0.1, 0.15) is 34.6 Å². The molecule has 0 radical (unpaired) electrons. The van der Waals surface area contributed by atoms with Crippen molar-refractivity contribution in [3.63, 3.8) is 0 Å². The largest absolute Gasteiger partial charge is 0.463 e. The predicted molar refractivity (Wildman–Crippen MR) is 102 cm³/mol. The third kappa shape index (κ3) is 7.02. The minimum atomic E-state index is -1.36. The zero-order valence-corrected chi connectivity index (χ0v) is 18.3. The molecule has 0 aromatic carbocycles. The summed E-state index contributed by atoms with van der Waals surface area (Å²) in [6.45, 7) is 5.75. The number of hydrogen-bond donors (Lipinski definition) is 0. The zero-order chi connectivity index (χ0) is 24.0. The van der Waals surface area contributed by atoms with E-state index in [2.05, 4.69) is 0 Å². The summed E-state index contributed by atoms with van der Waals surface area (Å²) in [4.78, 5) is 58.0. The standard InChI is InChI=1S/C20H26O12/c1-9-14(6-7-16(25)27-9)31-20-19(30-13(5)24)18(29-12(4)23)17(28-11(3)22)15(32-20)8-26-10(2)21/h6-7,9,14-15,17-20H,8H2,1-5H3/t9-,14+,15+,17+,18-,19+,20+/m0/s1. The Morgan fingerprint density at radius 3 is 1.97 bits per heavy atom. The minimum absolute atomic E-state index is 0.372. The molecule has 2 aliphatic heterocycles. The van der Waals surface area contributed by atoms with E-state index >= 15 is 0 Å². The van der Waals surface area contributed by atoms with Gasteiger partial charge in [0, 0.05) is 33.8 Å². The van der Waals surface area contributed by atoms with E-state index < -0.39 is 72.8 Å². The molecule has 32 heavy (non-hydrogen) atoms. The number of carbonyl (C=O) groups is 5. The van der Waals surface area contributed by atoms with Crippen molar-refractivity contribution in [2.45, 2.75) is 77.5 Å². The van der Waals surface area contributed by atoms with Crippen molar-refractivity contribution < 1.29 is 57.1 Å². The quantitative estimate of drug-likeness (QED) is 0.372. The first kappa shape index (κ1) is 25.3. The van der Waals surface area contributed by atoms with Gasteiger partial charge >= 0.3 is 29.8 Å². The van der Waals surface area contributed by atoms with Crippen LogP contribution in [0.5, 0.6) is 0 Å². The van der Waals surface area contributed by atoms with Gasteiger partial charge in [-0.1, -0.05) is 0 Å². The van der Waals surface area contributed by atoms with Crippen LogP contribution < -0.4 is 0 Å². The van der Waals surface area contributed by atoms with Crippen molar-refractivity contribution >= 4 is 29.8 Å². The molecule has 0 saturated carbocycles. The van der Waals surface area contributed by atoms with Gasteiger partial charge in [0.15, 0.2) is 24.6 Å². The van der Waals surface area contributed by atoms with Crippen LogP contribution >= 0.6 is 0 Å². The number of ether oxygens (including phenoxy) is 7. The monoisotopic (exact) mass is 458 g/mol. The van der Waals surface area contributed by atoms with Crippen molar-refractivity contribution in [1.29, 1.82) is 0 Å². The predicted octanol–water partition coefficient (Wildman–Crippen LogP) is -0.0438. The van der Waals surface area contributed by atoms with E-state index in [0.29, 0.717) is 0 Å². The van der Waals surface area contributed by atoms with Crippen LogP contribution in [0.2, 0.25) is 0 Å². The first-order valence-electron chi connectivity index (χ1n) is 9.82. The van der Waals surface area contributed by atoms with Gasteiger partial charge in [-0.15, -0.1) is 0 Å². The summed E-state index contributed by atoms with van der Waals surface area (Å²) >= 11 is 0. The Morgan fingerprint density at radius 2 is 1.44 bits per heavy atom. The van der Waals surface area contributed by atoms with Crippen LogP contribution in [-0.2, 0) is 57.1 Å². The first-order valence-corrected chi connectivity index (χ1v) is 9.82. The van der Waals surface area contributed by atoms with Gasteiger partial charge in [-0.2, -0.15) is 0 Å². The fraction of sp³-hybridized carbons (Fsp3) is 0.650. The average molecular weight is 458 g/mol. The van der Waals surface area contributed by atoms with E-state index in [1.54, 1.807) is 6.92 Å². The smallest absolute Gasteiger partial charge is 0.330 e. The van der Waals surface area contributed by atoms with E-state index in [-0.39, 0.29) is 6.61 Å². The second kappa shape index (κ2) is 11.0. The maximum absolute atomic E-state index is 11.8. The van der Waals surface area contributed by atoms with E-state index in [9.17, 15) is 24.0 Å². The summed E-state index contributed by atoms with van der Waals surface area (Å²) < 4.78 is 37.7. The lowest BCUT2D eigenvalue weighted by Crippen LogP contribution is -2.63. The molecule has 0 spiro atoms. The number of carbonyl (C=O) groups excluding carboxylic acids is 5. The van der Waals surface area contributed by atoms with E-state index in [1.807, 2.05) is 0 Å². The van der Waals surface area contributed by atoms with Gasteiger partial charge in [0.25, 0.3) is 0 Å². The lowest BCUT2D eigenvalue weighted by molar-refractivity contribution is -0.318. The lowest BCUT2D eigenvalue weighted by Gasteiger charge is -2.45. The summed E-state index contributed by atoms with van der Waals surface area (Å²) in [6, 6.07) is 0. The first-order chi connectivity index (χ1) is 15.0. The second-order valence-electron chi connectivity index (χ2n) is 7.17. The molecule has 12 nitrogen and oxygen atoms in total. The van der Waals surface area contributed by atoms with Gasteiger partial charge in [-0.3, -0.25) is 19.2 Å². The van der Waals surface area contributed by atoms with Crippen molar-refractivity contribution in [1.82, 2.24) is 0 Å². The van der Waals surface area contributed by atoms with Crippen LogP contribution in [0.3, 0.4) is 0 Å². The van der Waals surface area contributed by atoms with Crippen LogP contribution in [0.4, 0.5) is 0 Å². The van der Waals surface area contributed by atoms with Crippen LogP contribution in [0, 0.1) is 0 Å². The fourth-order valence-corrected chi connectivity index (χ4v) is 3.23. The maximum atomic E-state index is 11.8. The molecule has 0 aromatic heterocycles. The molecular formula is C20H26O12. The summed E-state index contributed by atoms with van der Waals surface area (Å²) in [5.41, 5.74) is 0. The number of hydrogen-bond acceptors (Lipinski definition) is 12. The molecule has 0 amide bonds. The molecule has 0 N–H and O–H groups in total. The van der Waals surface area contributed by atoms with Crippen LogP contribution in [-0.4, -0.2) is 79.4 Å². The highest BCUT2D eigenvalue weighted by Crippen LogP contribution is 2.31. The van der Waals surface area contributed by atoms with Crippen LogP contribution in [0.15, 0.2) is 12.2 Å². The summed E-state index contributed by atoms with van der Waals surface area (Å²) in [5.74, 6) is -3.42. The highest BCUT2D eigenvalue weighted by atomic mass is 16.7. The average Bonchev–Trinajstić information content (AvgIpc) is 2.65. The molecule has 2 rings (SSSR count). The molecule has 1 fully saturated rings. The molecule has 0 aliphatic carbocycles. The molecule has 7 atom stereocenters. The molecular weight excluding hydrogens is 432 g/mol.